The van der Waals surface area contributed by atoms with Crippen molar-refractivity contribution in [3.05, 3.63) is 70.8 Å². The number of esters is 1. The molecule has 0 radical (unpaired) electrons. The van der Waals surface area contributed by atoms with Crippen LogP contribution in [0.3, 0.4) is 0 Å². The van der Waals surface area contributed by atoms with E-state index in [-0.39, 0.29) is 24.8 Å². The Labute approximate surface area is 288 Å². The average molecular weight is 666 g/mol. The highest BCUT2D eigenvalue weighted by Gasteiger charge is 2.39. The number of aryl methyl sites for hydroxylation is 2. The zero-order valence-electron chi connectivity index (χ0n) is 31.1. The molecule has 0 aliphatic rings. The number of hydrogen-bond donors (Lipinski definition) is 2. The third kappa shape index (κ3) is 13.3. The van der Waals surface area contributed by atoms with Gasteiger partial charge in [0.05, 0.1) is 0 Å². The summed E-state index contributed by atoms with van der Waals surface area (Å²) in [6.45, 7) is 20.7. The second-order valence-corrected chi connectivity index (χ2v) is 14.9. The van der Waals surface area contributed by atoms with E-state index in [9.17, 15) is 19.2 Å². The van der Waals surface area contributed by atoms with Gasteiger partial charge in [0, 0.05) is 13.0 Å². The minimum atomic E-state index is -1.08. The largest absolute Gasteiger partial charge is 0.458 e. The lowest BCUT2D eigenvalue weighted by Gasteiger charge is -2.37. The van der Waals surface area contributed by atoms with Crippen molar-refractivity contribution in [2.24, 2.45) is 5.92 Å². The standard InChI is InChI=1S/C39H59N3O6/c1-12-14-18-21-42(35(44)32(28(5)13-2)41-37(46)48-39(9,10)11)33(30-23-26(3)22-27(4)24-30)34(43)40-31(36(45)47-38(6,7)8)25-29-19-16-15-17-20-29/h15-17,19-20,22-24,28,31-33H,12-14,18,21,25H2,1-11H3,(H,40,43)(H,41,46). The number of alkyl carbamates (subject to hydrolysis) is 1. The molecule has 48 heavy (non-hydrogen) atoms. The van der Waals surface area contributed by atoms with Gasteiger partial charge in [0.15, 0.2) is 0 Å². The van der Waals surface area contributed by atoms with Gasteiger partial charge >= 0.3 is 12.1 Å². The summed E-state index contributed by atoms with van der Waals surface area (Å²) in [5, 5.41) is 5.81. The van der Waals surface area contributed by atoms with Gasteiger partial charge in [0.2, 0.25) is 11.8 Å². The van der Waals surface area contributed by atoms with E-state index in [4.69, 9.17) is 9.47 Å². The van der Waals surface area contributed by atoms with Gasteiger partial charge in [-0.3, -0.25) is 9.59 Å². The first-order chi connectivity index (χ1) is 22.3. The highest BCUT2D eigenvalue weighted by molar-refractivity contribution is 5.94. The molecule has 0 fully saturated rings. The van der Waals surface area contributed by atoms with Crippen LogP contribution in [0.25, 0.3) is 0 Å². The van der Waals surface area contributed by atoms with E-state index in [1.165, 1.54) is 0 Å². The average Bonchev–Trinajstić information content (AvgIpc) is 2.96. The Kier molecular flexibility index (Phi) is 15.1. The summed E-state index contributed by atoms with van der Waals surface area (Å²) in [6.07, 6.45) is 2.51. The van der Waals surface area contributed by atoms with Crippen LogP contribution in [-0.4, -0.2) is 58.6 Å². The number of amides is 3. The predicted octanol–water partition coefficient (Wildman–Crippen LogP) is 7.37. The fourth-order valence-electron chi connectivity index (χ4n) is 5.50. The quantitative estimate of drug-likeness (QED) is 0.152. The summed E-state index contributed by atoms with van der Waals surface area (Å²) in [7, 11) is 0. The summed E-state index contributed by atoms with van der Waals surface area (Å²) in [4.78, 5) is 57.5. The van der Waals surface area contributed by atoms with Crippen molar-refractivity contribution in [2.45, 2.75) is 138 Å². The van der Waals surface area contributed by atoms with Gasteiger partial charge in [-0.1, -0.05) is 99.7 Å². The van der Waals surface area contributed by atoms with Crippen LogP contribution in [0.4, 0.5) is 4.79 Å². The molecule has 0 bridgehead atoms. The summed E-state index contributed by atoms with van der Waals surface area (Å²) in [5.74, 6) is -1.71. The number of hydrogen-bond acceptors (Lipinski definition) is 6. The van der Waals surface area contributed by atoms with Gasteiger partial charge < -0.3 is 25.0 Å². The van der Waals surface area contributed by atoms with Gasteiger partial charge in [-0.15, -0.1) is 0 Å². The van der Waals surface area contributed by atoms with Gasteiger partial charge in [-0.05, 0) is 78.9 Å². The van der Waals surface area contributed by atoms with Gasteiger partial charge in [0.25, 0.3) is 0 Å². The van der Waals surface area contributed by atoms with E-state index in [1.807, 2.05) is 76.2 Å². The fraction of sp³-hybridized carbons (Fsp3) is 0.590. The van der Waals surface area contributed by atoms with E-state index >= 15 is 0 Å². The van der Waals surface area contributed by atoms with Crippen molar-refractivity contribution in [3.63, 3.8) is 0 Å². The molecule has 0 aliphatic heterocycles. The number of rotatable bonds is 15. The minimum absolute atomic E-state index is 0.209. The number of benzene rings is 2. The number of unbranched alkanes of at least 4 members (excludes halogenated alkanes) is 2. The molecule has 3 amide bonds. The first kappa shape index (κ1) is 40.3. The lowest BCUT2D eigenvalue weighted by molar-refractivity contribution is -0.159. The van der Waals surface area contributed by atoms with Crippen molar-refractivity contribution in [2.75, 3.05) is 6.54 Å². The highest BCUT2D eigenvalue weighted by Crippen LogP contribution is 2.28. The Hall–Kier alpha value is -3.88. The zero-order valence-corrected chi connectivity index (χ0v) is 31.1. The highest BCUT2D eigenvalue weighted by atomic mass is 16.6. The van der Waals surface area contributed by atoms with Crippen LogP contribution in [0.5, 0.6) is 0 Å². The van der Waals surface area contributed by atoms with E-state index in [0.29, 0.717) is 18.4 Å². The first-order valence-corrected chi connectivity index (χ1v) is 17.3. The fourth-order valence-corrected chi connectivity index (χ4v) is 5.50. The van der Waals surface area contributed by atoms with Crippen molar-refractivity contribution < 1.29 is 28.7 Å². The van der Waals surface area contributed by atoms with Crippen LogP contribution in [0.15, 0.2) is 48.5 Å². The summed E-state index contributed by atoms with van der Waals surface area (Å²) in [6, 6.07) is 12.2. The molecule has 9 nitrogen and oxygen atoms in total. The Balaban J connectivity index is 2.69. The molecule has 9 heteroatoms. The molecule has 0 aliphatic carbocycles. The van der Waals surface area contributed by atoms with Crippen molar-refractivity contribution in [3.8, 4) is 0 Å². The Morgan fingerprint density at radius 3 is 1.92 bits per heavy atom. The van der Waals surface area contributed by atoms with E-state index in [0.717, 1.165) is 29.5 Å². The number of nitrogens with one attached hydrogen (secondary N) is 2. The number of ether oxygens (including phenoxy) is 2. The van der Waals surface area contributed by atoms with Crippen LogP contribution in [0.2, 0.25) is 0 Å². The van der Waals surface area contributed by atoms with Crippen LogP contribution in [-0.2, 0) is 30.3 Å². The lowest BCUT2D eigenvalue weighted by atomic mass is 9.94. The van der Waals surface area contributed by atoms with Gasteiger partial charge in [0.1, 0.15) is 29.3 Å². The van der Waals surface area contributed by atoms with E-state index < -0.39 is 47.3 Å². The molecule has 2 aromatic rings. The monoisotopic (exact) mass is 665 g/mol. The smallest absolute Gasteiger partial charge is 0.408 e. The molecule has 0 heterocycles. The molecule has 4 unspecified atom stereocenters. The molecule has 2 rings (SSSR count). The first-order valence-electron chi connectivity index (χ1n) is 17.3. The molecule has 0 saturated carbocycles. The molecule has 0 spiro atoms. The Morgan fingerprint density at radius 1 is 0.812 bits per heavy atom. The maximum atomic E-state index is 14.7. The van der Waals surface area contributed by atoms with E-state index in [1.54, 1.807) is 46.4 Å². The lowest BCUT2D eigenvalue weighted by Crippen LogP contribution is -2.56. The molecule has 0 aromatic heterocycles. The molecule has 0 saturated heterocycles. The van der Waals surface area contributed by atoms with Crippen molar-refractivity contribution in [1.29, 1.82) is 0 Å². The van der Waals surface area contributed by atoms with Crippen molar-refractivity contribution in [1.82, 2.24) is 15.5 Å². The second-order valence-electron chi connectivity index (χ2n) is 14.9. The normalized spacial score (nSPS) is 14.2. The van der Waals surface area contributed by atoms with Crippen LogP contribution in [0, 0.1) is 19.8 Å². The van der Waals surface area contributed by atoms with Crippen LogP contribution < -0.4 is 10.6 Å². The number of carbonyl (C=O) groups is 4. The number of nitrogens with zero attached hydrogens (tertiary/aromatic N) is 1. The predicted molar refractivity (Wildman–Crippen MR) is 190 cm³/mol. The maximum absolute atomic E-state index is 14.7. The molecular weight excluding hydrogens is 606 g/mol. The zero-order chi connectivity index (χ0) is 36.2. The van der Waals surface area contributed by atoms with Crippen LogP contribution in [0.1, 0.15) is 116 Å². The Bertz CT molecular complexity index is 1340. The maximum Gasteiger partial charge on any atom is 0.408 e. The Morgan fingerprint density at radius 2 is 1.40 bits per heavy atom. The molecule has 4 atom stereocenters. The second kappa shape index (κ2) is 18.0. The molecular formula is C39H59N3O6. The topological polar surface area (TPSA) is 114 Å². The van der Waals surface area contributed by atoms with E-state index in [2.05, 4.69) is 17.6 Å². The minimum Gasteiger partial charge on any atom is -0.458 e. The van der Waals surface area contributed by atoms with Crippen LogP contribution >= 0.6 is 0 Å². The van der Waals surface area contributed by atoms with Gasteiger partial charge in [-0.2, -0.15) is 0 Å². The molecule has 266 valence electrons. The van der Waals surface area contributed by atoms with Gasteiger partial charge in [-0.25, -0.2) is 9.59 Å². The summed E-state index contributed by atoms with van der Waals surface area (Å²) in [5.41, 5.74) is 1.81. The third-order valence-electron chi connectivity index (χ3n) is 7.85. The summed E-state index contributed by atoms with van der Waals surface area (Å²) >= 11 is 0. The van der Waals surface area contributed by atoms with Crippen molar-refractivity contribution >= 4 is 23.9 Å². The molecule has 2 aromatic carbocycles. The molecule has 2 N–H and O–H groups in total. The number of carbonyl (C=O) groups excluding carboxylic acids is 4. The SMILES string of the molecule is CCCCCN(C(=O)C(NC(=O)OC(C)(C)C)C(C)CC)C(C(=O)NC(Cc1ccccc1)C(=O)OC(C)(C)C)c1cc(C)cc(C)c1. The summed E-state index contributed by atoms with van der Waals surface area (Å²) < 4.78 is 11.3. The third-order valence-corrected chi connectivity index (χ3v) is 7.85.